The third-order valence-electron chi connectivity index (χ3n) is 14.1. The van der Waals surface area contributed by atoms with E-state index in [4.69, 9.17) is 23.2 Å². The van der Waals surface area contributed by atoms with Crippen molar-refractivity contribution in [1.29, 1.82) is 0 Å². The summed E-state index contributed by atoms with van der Waals surface area (Å²) < 4.78 is 29.3. The van der Waals surface area contributed by atoms with Crippen molar-refractivity contribution < 1.29 is 23.2 Å². The first-order chi connectivity index (χ1) is 41.4. The van der Waals surface area contributed by atoms with Crippen LogP contribution in [0.15, 0.2) is 246 Å². The molecule has 0 spiro atoms. The second-order valence-electron chi connectivity index (χ2n) is 19.5. The van der Waals surface area contributed by atoms with Gasteiger partial charge < -0.3 is 38.1 Å². The number of nitrogens with zero attached hydrogens (tertiary/aromatic N) is 6. The van der Waals surface area contributed by atoms with Gasteiger partial charge >= 0.3 is 0 Å². The minimum Gasteiger partial charge on any atom is -0.457 e. The Morgan fingerprint density at radius 2 is 0.833 bits per heavy atom. The molecule has 0 aliphatic heterocycles. The molecule has 0 saturated carbocycles. The van der Waals surface area contributed by atoms with Crippen molar-refractivity contribution in [3.05, 3.63) is 254 Å². The summed E-state index contributed by atoms with van der Waals surface area (Å²) in [4.78, 5) is 33.1. The molecule has 9 aromatic heterocycles. The van der Waals surface area contributed by atoms with Gasteiger partial charge in [0.25, 0.3) is 0 Å². The summed E-state index contributed by atoms with van der Waals surface area (Å²) in [6.45, 7) is 5.80. The van der Waals surface area contributed by atoms with E-state index in [1.807, 2.05) is 227 Å². The summed E-state index contributed by atoms with van der Waals surface area (Å²) in [7, 11) is 0. The normalized spacial score (nSPS) is 11.0. The maximum Gasteiger partial charge on any atom is 0.181 e. The molecule has 0 aliphatic rings. The zero-order valence-corrected chi connectivity index (χ0v) is 46.5. The number of aryl methyl sites for hydroxylation is 3. The number of hydrogen-bond donors (Lipinski definition) is 3. The van der Waals surface area contributed by atoms with Crippen molar-refractivity contribution in [1.82, 2.24) is 45.0 Å². The van der Waals surface area contributed by atoms with Gasteiger partial charge in [0.15, 0.2) is 12.2 Å². The summed E-state index contributed by atoms with van der Waals surface area (Å²) in [6, 6.07) is 59.7. The summed E-state index contributed by atoms with van der Waals surface area (Å²) >= 11 is 1.62. The number of thiazole rings is 1. The van der Waals surface area contributed by atoms with Crippen molar-refractivity contribution in [3.63, 3.8) is 0 Å². The summed E-state index contributed by atoms with van der Waals surface area (Å²) in [5.41, 5.74) is 16.1. The van der Waals surface area contributed by atoms with Crippen molar-refractivity contribution in [3.8, 4) is 101 Å². The van der Waals surface area contributed by atoms with Crippen molar-refractivity contribution >= 4 is 44.4 Å². The molecule has 15 aromatic rings. The smallest absolute Gasteiger partial charge is 0.181 e. The Hall–Kier alpha value is -11.2. The highest BCUT2D eigenvalue weighted by Crippen LogP contribution is 2.41. The molecule has 0 fully saturated rings. The highest BCUT2D eigenvalue weighted by Gasteiger charge is 2.20. The number of para-hydroxylation sites is 6. The molecule has 15 rings (SSSR count). The highest BCUT2D eigenvalue weighted by molar-refractivity contribution is 7.13. The van der Waals surface area contributed by atoms with Crippen LogP contribution >= 0.6 is 11.3 Å². The Morgan fingerprint density at radius 3 is 1.25 bits per heavy atom. The minimum absolute atomic E-state index is 0.749. The third kappa shape index (κ3) is 10.9. The maximum absolute atomic E-state index is 6.14. The van der Waals surface area contributed by atoms with Crippen LogP contribution in [0.3, 0.4) is 0 Å². The van der Waals surface area contributed by atoms with E-state index in [-0.39, 0.29) is 0 Å². The van der Waals surface area contributed by atoms with E-state index < -0.39 is 0 Å². The van der Waals surface area contributed by atoms with Crippen LogP contribution in [-0.4, -0.2) is 45.0 Å². The molecule has 0 amide bonds. The van der Waals surface area contributed by atoms with Crippen LogP contribution in [-0.2, 0) is 0 Å². The second kappa shape index (κ2) is 23.5. The Labute approximate surface area is 486 Å². The van der Waals surface area contributed by atoms with Gasteiger partial charge in [-0.1, -0.05) is 114 Å². The summed E-state index contributed by atoms with van der Waals surface area (Å²) in [5, 5.41) is 7.16. The average molecular weight is 1120 g/mol. The number of aromatic nitrogens is 9. The van der Waals surface area contributed by atoms with E-state index in [1.165, 1.54) is 6.39 Å². The predicted molar refractivity (Wildman–Crippen MR) is 330 cm³/mol. The largest absolute Gasteiger partial charge is 0.457 e. The zero-order chi connectivity index (χ0) is 56.8. The lowest BCUT2D eigenvalue weighted by Gasteiger charge is -2.11. The lowest BCUT2D eigenvalue weighted by atomic mass is 10.0. The molecule has 3 N–H and O–H groups in total. The van der Waals surface area contributed by atoms with E-state index in [0.29, 0.717) is 0 Å². The van der Waals surface area contributed by atoms with Gasteiger partial charge in [-0.2, -0.15) is 0 Å². The van der Waals surface area contributed by atoms with Crippen LogP contribution in [0.4, 0.5) is 0 Å². The SMILES string of the molecule is Cc1ncoc1-c1c[nH]c2ncc(-c3ccccc3Oc3ccccc3)cc12.Cc1noc(C)c1-c1c[nH]c2ncc(-c3ccccc3Oc3ccccc3)cc12.c1ccc(Oc2ccccc2-c2cnc3[nH]cc(-c4cncs4)c3c2)cc1. The minimum atomic E-state index is 0.749. The van der Waals surface area contributed by atoms with Crippen LogP contribution in [0.2, 0.25) is 0 Å². The van der Waals surface area contributed by atoms with Crippen LogP contribution in [0.25, 0.3) is 99.4 Å². The van der Waals surface area contributed by atoms with E-state index in [0.717, 1.165) is 151 Å². The Kier molecular flexibility index (Phi) is 14.6. The van der Waals surface area contributed by atoms with Crippen LogP contribution < -0.4 is 14.2 Å². The molecule has 84 heavy (non-hydrogen) atoms. The molecule has 0 atom stereocenters. The first kappa shape index (κ1) is 52.2. The van der Waals surface area contributed by atoms with Gasteiger partial charge in [0.2, 0.25) is 0 Å². The van der Waals surface area contributed by atoms with Crippen molar-refractivity contribution in [2.45, 2.75) is 20.8 Å². The fourth-order valence-corrected chi connectivity index (χ4v) is 10.7. The average Bonchev–Trinajstić information content (AvgIpc) is 4.45. The molecule has 408 valence electrons. The molecule has 15 heteroatoms. The van der Waals surface area contributed by atoms with Gasteiger partial charge in [0, 0.05) is 115 Å². The lowest BCUT2D eigenvalue weighted by molar-refractivity contribution is 0.393. The molecule has 0 unspecified atom stereocenters. The number of fused-ring (bicyclic) bond motifs is 3. The van der Waals surface area contributed by atoms with E-state index in [1.54, 1.807) is 11.3 Å². The zero-order valence-electron chi connectivity index (χ0n) is 45.6. The van der Waals surface area contributed by atoms with Gasteiger partial charge in [-0.15, -0.1) is 11.3 Å². The highest BCUT2D eigenvalue weighted by atomic mass is 32.1. The first-order valence-corrected chi connectivity index (χ1v) is 27.9. The number of H-pyrrole nitrogens is 3. The molecule has 0 radical (unpaired) electrons. The maximum atomic E-state index is 6.14. The fraction of sp³-hybridized carbons (Fsp3) is 0.0435. The number of rotatable bonds is 12. The van der Waals surface area contributed by atoms with Gasteiger partial charge in [0.05, 0.1) is 21.8 Å². The van der Waals surface area contributed by atoms with Crippen LogP contribution in [0, 0.1) is 20.8 Å². The molecule has 0 aliphatic carbocycles. The molecular formula is C69H51N9O5S. The van der Waals surface area contributed by atoms with Crippen LogP contribution in [0.5, 0.6) is 34.5 Å². The topological polar surface area (TPSA) is 179 Å². The van der Waals surface area contributed by atoms with E-state index in [2.05, 4.69) is 69.3 Å². The standard InChI is InChI=1S/C24H19N3O2.C23H17N3O2.C22H15N3OS/c1-15-23(16(2)29-27-15)21-14-26-24-20(21)12-17(13-25-24)19-10-6-7-11-22(19)28-18-8-4-3-5-9-18;1-15-22(27-14-26-15)20-13-25-23-19(20)11-16(12-24-23)18-9-5-6-10-21(18)28-17-7-3-2-4-8-17;1-2-6-16(7-3-1)26-20-9-5-4-8-17(20)15-10-18-19(21-13-23-14-27-21)12-25-22(18)24-11-15/h3-14H,1-2H3,(H,25,26);2-14H,1H3,(H,24,25);1-14H,(H,24,25). The third-order valence-corrected chi connectivity index (χ3v) is 14.9. The number of aromatic amines is 3. The van der Waals surface area contributed by atoms with Crippen molar-refractivity contribution in [2.75, 3.05) is 0 Å². The van der Waals surface area contributed by atoms with Crippen LogP contribution in [0.1, 0.15) is 17.1 Å². The van der Waals surface area contributed by atoms with E-state index in [9.17, 15) is 0 Å². The molecule has 9 heterocycles. The molecule has 14 nitrogen and oxygen atoms in total. The monoisotopic (exact) mass is 1120 g/mol. The van der Waals surface area contributed by atoms with Gasteiger partial charge in [-0.05, 0) is 93.6 Å². The van der Waals surface area contributed by atoms with Gasteiger partial charge in [-0.25, -0.2) is 19.9 Å². The Bertz CT molecular complexity index is 4680. The lowest BCUT2D eigenvalue weighted by Crippen LogP contribution is -1.89. The second-order valence-corrected chi connectivity index (χ2v) is 20.4. The number of benzene rings is 6. The number of hydrogen-bond acceptors (Lipinski definition) is 12. The first-order valence-electron chi connectivity index (χ1n) is 27.0. The molecule has 0 saturated heterocycles. The predicted octanol–water partition coefficient (Wildman–Crippen LogP) is 18.4. The fourth-order valence-electron chi connectivity index (χ4n) is 10.1. The Balaban J connectivity index is 0.000000118. The molecular weight excluding hydrogens is 1070 g/mol. The number of oxazole rings is 1. The van der Waals surface area contributed by atoms with Crippen molar-refractivity contribution in [2.24, 2.45) is 0 Å². The molecule has 6 aromatic carbocycles. The summed E-state index contributed by atoms with van der Waals surface area (Å²) in [6.07, 6.45) is 14.8. The Morgan fingerprint density at radius 1 is 0.417 bits per heavy atom. The van der Waals surface area contributed by atoms with Gasteiger partial charge in [0.1, 0.15) is 57.2 Å². The number of pyridine rings is 3. The van der Waals surface area contributed by atoms with Gasteiger partial charge in [-0.3, -0.25) is 4.98 Å². The quantitative estimate of drug-likeness (QED) is 0.106. The molecule has 0 bridgehead atoms. The van der Waals surface area contributed by atoms with E-state index >= 15 is 0 Å². The number of nitrogens with one attached hydrogen (secondary N) is 3. The summed E-state index contributed by atoms with van der Waals surface area (Å²) in [5.74, 6) is 6.32. The number of ether oxygens (including phenoxy) is 3.